The zero-order valence-corrected chi connectivity index (χ0v) is 13.2. The summed E-state index contributed by atoms with van der Waals surface area (Å²) in [5, 5.41) is 17.4. The Kier molecular flexibility index (Phi) is 4.59. The Labute approximate surface area is 126 Å². The van der Waals surface area contributed by atoms with E-state index in [2.05, 4.69) is 45.4 Å². The molecule has 1 aromatic rings. The Balaban J connectivity index is 2.02. The number of anilines is 1. The number of pyridine rings is 1. The number of halogens is 1. The van der Waals surface area contributed by atoms with Crippen LogP contribution in [0.1, 0.15) is 26.7 Å². The maximum Gasteiger partial charge on any atom is 0.288 e. The zero-order chi connectivity index (χ0) is 14.8. The highest BCUT2D eigenvalue weighted by Crippen LogP contribution is 2.31. The fraction of sp³-hybridized carbons (Fsp3) is 0.615. The minimum absolute atomic E-state index is 0.0152. The van der Waals surface area contributed by atoms with Crippen molar-refractivity contribution < 1.29 is 4.92 Å². The number of nitro groups is 1. The largest absolute Gasteiger partial charge is 0.368 e. The smallest absolute Gasteiger partial charge is 0.288 e. The molecule has 0 aromatic carbocycles. The second-order valence-electron chi connectivity index (χ2n) is 5.76. The molecule has 6 nitrogen and oxygen atoms in total. The summed E-state index contributed by atoms with van der Waals surface area (Å²) in [5.41, 5.74) is 0.219. The predicted octanol–water partition coefficient (Wildman–Crippen LogP) is 2.94. The van der Waals surface area contributed by atoms with Crippen molar-refractivity contribution in [3.63, 3.8) is 0 Å². The van der Waals surface area contributed by atoms with Crippen molar-refractivity contribution in [2.24, 2.45) is 5.41 Å². The molecule has 1 aromatic heterocycles. The first-order valence-corrected chi connectivity index (χ1v) is 7.46. The number of piperidine rings is 1. The average molecular weight is 343 g/mol. The van der Waals surface area contributed by atoms with Gasteiger partial charge in [0.1, 0.15) is 12.0 Å². The Morgan fingerprint density at radius 1 is 1.65 bits per heavy atom. The zero-order valence-electron chi connectivity index (χ0n) is 11.6. The van der Waals surface area contributed by atoms with Gasteiger partial charge in [-0.15, -0.1) is 0 Å². The maximum absolute atomic E-state index is 10.7. The summed E-state index contributed by atoms with van der Waals surface area (Å²) in [5.74, 6) is 0.638. The fourth-order valence-electron chi connectivity index (χ4n) is 2.48. The molecule has 20 heavy (non-hydrogen) atoms. The van der Waals surface area contributed by atoms with Crippen molar-refractivity contribution >= 4 is 27.4 Å². The van der Waals surface area contributed by atoms with Gasteiger partial charge in [-0.05, 0) is 40.7 Å². The molecule has 0 aliphatic carbocycles. The topological polar surface area (TPSA) is 80.1 Å². The molecule has 1 aliphatic rings. The Hall–Kier alpha value is -1.21. The van der Waals surface area contributed by atoms with Crippen LogP contribution >= 0.6 is 15.9 Å². The normalized spacial score (nSPS) is 21.4. The molecule has 2 N–H and O–H groups in total. The maximum atomic E-state index is 10.7. The van der Waals surface area contributed by atoms with Crippen molar-refractivity contribution in [2.75, 3.05) is 18.4 Å². The average Bonchev–Trinajstić information content (AvgIpc) is 2.38. The van der Waals surface area contributed by atoms with Gasteiger partial charge in [0.2, 0.25) is 0 Å². The van der Waals surface area contributed by atoms with Crippen molar-refractivity contribution in [3.05, 3.63) is 26.9 Å². The summed E-state index contributed by atoms with van der Waals surface area (Å²) >= 11 is 3.32. The molecule has 0 bridgehead atoms. The quantitative estimate of drug-likeness (QED) is 0.649. The van der Waals surface area contributed by atoms with E-state index in [1.165, 1.54) is 25.1 Å². The second-order valence-corrected chi connectivity index (χ2v) is 6.62. The van der Waals surface area contributed by atoms with Gasteiger partial charge >= 0.3 is 0 Å². The van der Waals surface area contributed by atoms with E-state index in [-0.39, 0.29) is 11.1 Å². The minimum atomic E-state index is -0.451. The summed E-state index contributed by atoms with van der Waals surface area (Å²) in [4.78, 5) is 14.3. The number of nitrogens with zero attached hydrogens (tertiary/aromatic N) is 2. The van der Waals surface area contributed by atoms with Gasteiger partial charge in [-0.1, -0.05) is 13.8 Å². The van der Waals surface area contributed by atoms with Gasteiger partial charge < -0.3 is 10.6 Å². The summed E-state index contributed by atoms with van der Waals surface area (Å²) in [7, 11) is 0. The second kappa shape index (κ2) is 6.05. The van der Waals surface area contributed by atoms with Gasteiger partial charge in [-0.3, -0.25) is 10.1 Å². The first kappa shape index (κ1) is 15.2. The number of hydrogen-bond donors (Lipinski definition) is 2. The van der Waals surface area contributed by atoms with Crippen LogP contribution in [-0.4, -0.2) is 29.0 Å². The lowest BCUT2D eigenvalue weighted by Gasteiger charge is -2.39. The standard InChI is InChI=1S/C13H19BrN4O2/c1-13(2)4-3-5-15-11(13)8-17-12-10(14)6-9(7-16-12)18(19)20/h6-7,11,15H,3-5,8H2,1-2H3,(H,16,17). The molecule has 7 heteroatoms. The number of nitrogens with one attached hydrogen (secondary N) is 2. The lowest BCUT2D eigenvalue weighted by molar-refractivity contribution is -0.385. The highest BCUT2D eigenvalue weighted by Gasteiger charge is 2.31. The predicted molar refractivity (Wildman–Crippen MR) is 81.9 cm³/mol. The summed E-state index contributed by atoms with van der Waals surface area (Å²) in [6.45, 7) is 6.29. The summed E-state index contributed by atoms with van der Waals surface area (Å²) in [6.07, 6.45) is 3.66. The molecule has 110 valence electrons. The Bertz CT molecular complexity index is 507. The van der Waals surface area contributed by atoms with Gasteiger partial charge in [0.15, 0.2) is 0 Å². The van der Waals surface area contributed by atoms with Crippen LogP contribution in [0.3, 0.4) is 0 Å². The van der Waals surface area contributed by atoms with E-state index in [0.29, 0.717) is 16.3 Å². The van der Waals surface area contributed by atoms with Crippen LogP contribution in [0, 0.1) is 15.5 Å². The van der Waals surface area contributed by atoms with E-state index < -0.39 is 4.92 Å². The van der Waals surface area contributed by atoms with E-state index in [1.807, 2.05) is 0 Å². The first-order chi connectivity index (χ1) is 9.40. The van der Waals surface area contributed by atoms with Crippen LogP contribution in [0.15, 0.2) is 16.7 Å². The Morgan fingerprint density at radius 3 is 3.00 bits per heavy atom. The molecule has 0 saturated carbocycles. The number of hydrogen-bond acceptors (Lipinski definition) is 5. The van der Waals surface area contributed by atoms with Crippen LogP contribution in [0.25, 0.3) is 0 Å². The van der Waals surface area contributed by atoms with Gasteiger partial charge in [0.05, 0.1) is 9.40 Å². The van der Waals surface area contributed by atoms with Gasteiger partial charge in [-0.2, -0.15) is 0 Å². The minimum Gasteiger partial charge on any atom is -0.368 e. The lowest BCUT2D eigenvalue weighted by Crippen LogP contribution is -2.50. The lowest BCUT2D eigenvalue weighted by atomic mass is 9.77. The third kappa shape index (κ3) is 3.46. The number of aromatic nitrogens is 1. The van der Waals surface area contributed by atoms with Crippen LogP contribution < -0.4 is 10.6 Å². The molecule has 2 rings (SSSR count). The van der Waals surface area contributed by atoms with Crippen molar-refractivity contribution in [3.8, 4) is 0 Å². The molecular formula is C13H19BrN4O2. The fourth-order valence-corrected chi connectivity index (χ4v) is 2.95. The monoisotopic (exact) mass is 342 g/mol. The number of rotatable bonds is 4. The molecule has 0 spiro atoms. The van der Waals surface area contributed by atoms with E-state index in [9.17, 15) is 10.1 Å². The van der Waals surface area contributed by atoms with Gasteiger partial charge in [0, 0.05) is 18.7 Å². The Morgan fingerprint density at radius 2 is 2.40 bits per heavy atom. The SMILES string of the molecule is CC1(C)CCCNC1CNc1ncc([N+](=O)[O-])cc1Br. The molecule has 2 heterocycles. The third-order valence-corrected chi connectivity index (χ3v) is 4.45. The van der Waals surface area contributed by atoms with Crippen molar-refractivity contribution in [2.45, 2.75) is 32.7 Å². The molecule has 0 radical (unpaired) electrons. The van der Waals surface area contributed by atoms with E-state index in [1.54, 1.807) is 0 Å². The molecule has 1 unspecified atom stereocenters. The van der Waals surface area contributed by atoms with Gasteiger partial charge in [0.25, 0.3) is 5.69 Å². The molecule has 1 saturated heterocycles. The molecular weight excluding hydrogens is 324 g/mol. The first-order valence-electron chi connectivity index (χ1n) is 6.67. The van der Waals surface area contributed by atoms with E-state index in [4.69, 9.17) is 0 Å². The van der Waals surface area contributed by atoms with Crippen LogP contribution in [0.2, 0.25) is 0 Å². The highest BCUT2D eigenvalue weighted by atomic mass is 79.9. The molecule has 1 fully saturated rings. The third-order valence-electron chi connectivity index (χ3n) is 3.84. The summed E-state index contributed by atoms with van der Waals surface area (Å²) in [6, 6.07) is 1.83. The van der Waals surface area contributed by atoms with Crippen molar-refractivity contribution in [1.82, 2.24) is 10.3 Å². The van der Waals surface area contributed by atoms with Crippen LogP contribution in [0.4, 0.5) is 11.5 Å². The van der Waals surface area contributed by atoms with Crippen LogP contribution in [-0.2, 0) is 0 Å². The van der Waals surface area contributed by atoms with Gasteiger partial charge in [-0.25, -0.2) is 4.98 Å². The molecule has 1 aliphatic heterocycles. The summed E-state index contributed by atoms with van der Waals surface area (Å²) < 4.78 is 0.611. The van der Waals surface area contributed by atoms with E-state index >= 15 is 0 Å². The molecule has 0 amide bonds. The van der Waals surface area contributed by atoms with Crippen molar-refractivity contribution in [1.29, 1.82) is 0 Å². The highest BCUT2D eigenvalue weighted by molar-refractivity contribution is 9.10. The van der Waals surface area contributed by atoms with Crippen LogP contribution in [0.5, 0.6) is 0 Å². The molecule has 1 atom stereocenters. The van der Waals surface area contributed by atoms with E-state index in [0.717, 1.165) is 13.1 Å².